The molecule has 0 aliphatic carbocycles. The summed E-state index contributed by atoms with van der Waals surface area (Å²) in [6.45, 7) is 1.83. The molecule has 0 fully saturated rings. The van der Waals surface area contributed by atoms with E-state index in [0.29, 0.717) is 10.0 Å². The maximum absolute atomic E-state index is 10.5. The van der Waals surface area contributed by atoms with Gasteiger partial charge in [-0.2, -0.15) is 0 Å². The van der Waals surface area contributed by atoms with E-state index in [1.807, 2.05) is 6.92 Å². The summed E-state index contributed by atoms with van der Waals surface area (Å²) in [6.07, 6.45) is 1.74. The second-order valence-electron chi connectivity index (χ2n) is 2.97. The highest BCUT2D eigenvalue weighted by Crippen LogP contribution is 2.31. The van der Waals surface area contributed by atoms with Crippen LogP contribution in [0.1, 0.15) is 13.3 Å². The second kappa shape index (κ2) is 5.72. The van der Waals surface area contributed by atoms with Gasteiger partial charge in [-0.25, -0.2) is 4.98 Å². The Morgan fingerprint density at radius 1 is 1.80 bits per heavy atom. The molecule has 1 heterocycles. The maximum Gasteiger partial charge on any atom is 0.304 e. The van der Waals surface area contributed by atoms with E-state index < -0.39 is 5.97 Å². The Morgan fingerprint density at radius 2 is 2.47 bits per heavy atom. The zero-order valence-corrected chi connectivity index (χ0v) is 11.1. The van der Waals surface area contributed by atoms with Crippen LogP contribution in [0.3, 0.4) is 0 Å². The molecule has 6 heteroatoms. The van der Waals surface area contributed by atoms with Crippen LogP contribution in [0.15, 0.2) is 21.8 Å². The van der Waals surface area contributed by atoms with Gasteiger partial charge in [0.15, 0.2) is 0 Å². The van der Waals surface area contributed by atoms with E-state index in [1.54, 1.807) is 12.3 Å². The van der Waals surface area contributed by atoms with E-state index >= 15 is 0 Å². The molecule has 1 atom stereocenters. The number of aliphatic carboxylic acids is 1. The van der Waals surface area contributed by atoms with Crippen molar-refractivity contribution in [2.75, 3.05) is 0 Å². The minimum absolute atomic E-state index is 0.0475. The Labute approximate surface area is 105 Å². The van der Waals surface area contributed by atoms with Gasteiger partial charge >= 0.3 is 5.97 Å². The van der Waals surface area contributed by atoms with Gasteiger partial charge in [0.05, 0.1) is 11.4 Å². The third-order valence-electron chi connectivity index (χ3n) is 1.55. The smallest absolute Gasteiger partial charge is 0.304 e. The molecule has 0 aliphatic heterocycles. The number of carboxylic acids is 1. The van der Waals surface area contributed by atoms with Gasteiger partial charge in [0.1, 0.15) is 5.03 Å². The molecule has 3 nitrogen and oxygen atoms in total. The first-order valence-electron chi connectivity index (χ1n) is 4.18. The minimum Gasteiger partial charge on any atom is -0.481 e. The lowest BCUT2D eigenvalue weighted by molar-refractivity contribution is -0.136. The van der Waals surface area contributed by atoms with Crippen molar-refractivity contribution in [3.8, 4) is 0 Å². The van der Waals surface area contributed by atoms with Crippen LogP contribution in [0.25, 0.3) is 0 Å². The van der Waals surface area contributed by atoms with Crippen molar-refractivity contribution >= 4 is 45.3 Å². The number of hydrogen-bond donors (Lipinski definition) is 1. The van der Waals surface area contributed by atoms with Gasteiger partial charge in [-0.05, 0) is 22.0 Å². The molecule has 0 amide bonds. The van der Waals surface area contributed by atoms with Crippen LogP contribution in [-0.4, -0.2) is 21.3 Å². The van der Waals surface area contributed by atoms with Crippen LogP contribution in [0.5, 0.6) is 0 Å². The molecule has 1 N–H and O–H groups in total. The van der Waals surface area contributed by atoms with Crippen molar-refractivity contribution < 1.29 is 9.90 Å². The van der Waals surface area contributed by atoms with Gasteiger partial charge in [-0.3, -0.25) is 4.79 Å². The van der Waals surface area contributed by atoms with Gasteiger partial charge in [-0.1, -0.05) is 18.5 Å². The number of thioether (sulfide) groups is 1. The Morgan fingerprint density at radius 3 is 3.00 bits per heavy atom. The molecule has 0 aliphatic rings. The molecule has 82 valence electrons. The van der Waals surface area contributed by atoms with Crippen molar-refractivity contribution in [2.24, 2.45) is 0 Å². The van der Waals surface area contributed by atoms with E-state index in [-0.39, 0.29) is 11.7 Å². The van der Waals surface area contributed by atoms with Crippen molar-refractivity contribution in [3.63, 3.8) is 0 Å². The predicted octanol–water partition coefficient (Wildman–Crippen LogP) is 3.45. The predicted molar refractivity (Wildman–Crippen MR) is 64.5 cm³/mol. The molecule has 0 spiro atoms. The fourth-order valence-corrected chi connectivity index (χ4v) is 2.62. The minimum atomic E-state index is -0.816. The average molecular weight is 311 g/mol. The maximum atomic E-state index is 10.5. The summed E-state index contributed by atoms with van der Waals surface area (Å²) in [5.41, 5.74) is 0. The highest BCUT2D eigenvalue weighted by atomic mass is 79.9. The van der Waals surface area contributed by atoms with Gasteiger partial charge in [-0.15, -0.1) is 11.8 Å². The fraction of sp³-hybridized carbons (Fsp3) is 0.333. The lowest BCUT2D eigenvalue weighted by Crippen LogP contribution is -2.05. The Hall–Kier alpha value is -0.260. The highest BCUT2D eigenvalue weighted by molar-refractivity contribution is 9.10. The third kappa shape index (κ3) is 4.40. The number of halogens is 2. The van der Waals surface area contributed by atoms with Crippen LogP contribution in [0.2, 0.25) is 5.02 Å². The van der Waals surface area contributed by atoms with Crippen LogP contribution >= 0.6 is 39.3 Å². The third-order valence-corrected chi connectivity index (χ3v) is 3.50. The topological polar surface area (TPSA) is 50.2 Å². The number of pyridine rings is 1. The van der Waals surface area contributed by atoms with Gasteiger partial charge in [0.25, 0.3) is 0 Å². The zero-order chi connectivity index (χ0) is 11.4. The average Bonchev–Trinajstić information content (AvgIpc) is 2.08. The first-order chi connectivity index (χ1) is 6.99. The van der Waals surface area contributed by atoms with Crippen LogP contribution in [0, 0.1) is 0 Å². The number of nitrogens with zero attached hydrogens (tertiary/aromatic N) is 1. The Balaban J connectivity index is 2.68. The lowest BCUT2D eigenvalue weighted by atomic mass is 10.3. The van der Waals surface area contributed by atoms with Gasteiger partial charge in [0.2, 0.25) is 0 Å². The molecular formula is C9H9BrClNO2S. The molecular weight excluding hydrogens is 302 g/mol. The largest absolute Gasteiger partial charge is 0.481 e. The van der Waals surface area contributed by atoms with Crippen molar-refractivity contribution in [1.29, 1.82) is 0 Å². The summed E-state index contributed by atoms with van der Waals surface area (Å²) < 4.78 is 0.808. The molecule has 0 radical (unpaired) electrons. The van der Waals surface area contributed by atoms with Gasteiger partial charge in [0, 0.05) is 15.9 Å². The number of rotatable bonds is 4. The summed E-state index contributed by atoms with van der Waals surface area (Å²) in [5, 5.41) is 9.75. The summed E-state index contributed by atoms with van der Waals surface area (Å²) in [6, 6.07) is 1.74. The molecule has 1 aromatic heterocycles. The SMILES string of the molecule is CC(CC(=O)O)Sc1ncc(Br)cc1Cl. The van der Waals surface area contributed by atoms with E-state index in [2.05, 4.69) is 20.9 Å². The molecule has 0 saturated carbocycles. The normalized spacial score (nSPS) is 12.5. The zero-order valence-electron chi connectivity index (χ0n) is 7.91. The Kier molecular flexibility index (Phi) is 4.89. The first kappa shape index (κ1) is 12.8. The van der Waals surface area contributed by atoms with Crippen molar-refractivity contribution in [1.82, 2.24) is 4.98 Å². The quantitative estimate of drug-likeness (QED) is 0.865. The highest BCUT2D eigenvalue weighted by Gasteiger charge is 2.12. The van der Waals surface area contributed by atoms with E-state index in [9.17, 15) is 4.79 Å². The van der Waals surface area contributed by atoms with Crippen LogP contribution in [-0.2, 0) is 4.79 Å². The molecule has 0 bridgehead atoms. The van der Waals surface area contributed by atoms with E-state index in [4.69, 9.17) is 16.7 Å². The number of carboxylic acid groups (broad SMARTS) is 1. The summed E-state index contributed by atoms with van der Waals surface area (Å²) >= 11 is 10.6. The number of hydrogen-bond acceptors (Lipinski definition) is 3. The molecule has 1 unspecified atom stereocenters. The fourth-order valence-electron chi connectivity index (χ4n) is 0.967. The van der Waals surface area contributed by atoms with Crippen molar-refractivity contribution in [2.45, 2.75) is 23.6 Å². The number of carbonyl (C=O) groups is 1. The van der Waals surface area contributed by atoms with Crippen molar-refractivity contribution in [3.05, 3.63) is 21.8 Å². The van der Waals surface area contributed by atoms with Gasteiger partial charge < -0.3 is 5.11 Å². The van der Waals surface area contributed by atoms with E-state index in [1.165, 1.54) is 11.8 Å². The lowest BCUT2D eigenvalue weighted by Gasteiger charge is -2.08. The first-order valence-corrected chi connectivity index (χ1v) is 6.23. The summed E-state index contributed by atoms with van der Waals surface area (Å²) in [7, 11) is 0. The molecule has 1 aromatic rings. The van der Waals surface area contributed by atoms with Crippen LogP contribution < -0.4 is 0 Å². The standard InChI is InChI=1S/C9H9BrClNO2S/c1-5(2-8(13)14)15-9-7(11)3-6(10)4-12-9/h3-5H,2H2,1H3,(H,13,14). The van der Waals surface area contributed by atoms with E-state index in [0.717, 1.165) is 4.47 Å². The number of aromatic nitrogens is 1. The molecule has 0 aromatic carbocycles. The monoisotopic (exact) mass is 309 g/mol. The second-order valence-corrected chi connectivity index (χ2v) is 5.72. The molecule has 1 rings (SSSR count). The summed E-state index contributed by atoms with van der Waals surface area (Å²) in [5.74, 6) is -0.816. The summed E-state index contributed by atoms with van der Waals surface area (Å²) in [4.78, 5) is 14.6. The Bertz CT molecular complexity index is 375. The van der Waals surface area contributed by atoms with Crippen LogP contribution in [0.4, 0.5) is 0 Å². The molecule has 15 heavy (non-hydrogen) atoms. The molecule has 0 saturated heterocycles.